The maximum absolute atomic E-state index is 11.4. The van der Waals surface area contributed by atoms with E-state index in [9.17, 15) is 9.59 Å². The summed E-state index contributed by atoms with van der Waals surface area (Å²) in [5.41, 5.74) is 0. The third kappa shape index (κ3) is 6.47. The highest BCUT2D eigenvalue weighted by Crippen LogP contribution is 2.24. The number of urea groups is 1. The van der Waals surface area contributed by atoms with Crippen LogP contribution in [0.4, 0.5) is 4.79 Å². The summed E-state index contributed by atoms with van der Waals surface area (Å²) in [5, 5.41) is 14.2. The van der Waals surface area contributed by atoms with Crippen LogP contribution in [0.1, 0.15) is 45.4 Å². The summed E-state index contributed by atoms with van der Waals surface area (Å²) >= 11 is 0. The van der Waals surface area contributed by atoms with Crippen molar-refractivity contribution in [3.63, 3.8) is 0 Å². The lowest BCUT2D eigenvalue weighted by molar-refractivity contribution is -0.137. The quantitative estimate of drug-likeness (QED) is 0.621. The summed E-state index contributed by atoms with van der Waals surface area (Å²) in [5.74, 6) is 0.242. The standard InChI is InChI=1S/C13H24N2O3/c1-10(5-6-12(16)17)7-8-14-13(18)15-9-11-3-2-4-11/h10-11H,2-9H2,1H3,(H,16,17)(H2,14,15,18). The molecule has 0 aromatic rings. The molecule has 0 heterocycles. The van der Waals surface area contributed by atoms with E-state index in [1.165, 1.54) is 19.3 Å². The van der Waals surface area contributed by atoms with Crippen molar-refractivity contribution in [3.8, 4) is 0 Å². The molecule has 0 saturated heterocycles. The van der Waals surface area contributed by atoms with Crippen LogP contribution in [0.3, 0.4) is 0 Å². The Labute approximate surface area is 108 Å². The minimum Gasteiger partial charge on any atom is -0.481 e. The molecule has 1 fully saturated rings. The van der Waals surface area contributed by atoms with Crippen LogP contribution >= 0.6 is 0 Å². The minimum absolute atomic E-state index is 0.104. The van der Waals surface area contributed by atoms with E-state index in [0.29, 0.717) is 24.8 Å². The first-order valence-electron chi connectivity index (χ1n) is 6.81. The molecule has 1 aliphatic rings. The first kappa shape index (κ1) is 14.8. The molecule has 0 aromatic heterocycles. The van der Waals surface area contributed by atoms with E-state index in [0.717, 1.165) is 13.0 Å². The van der Waals surface area contributed by atoms with E-state index >= 15 is 0 Å². The Hall–Kier alpha value is -1.26. The Morgan fingerprint density at radius 1 is 1.28 bits per heavy atom. The lowest BCUT2D eigenvalue weighted by Crippen LogP contribution is -2.40. The van der Waals surface area contributed by atoms with Gasteiger partial charge in [0.1, 0.15) is 0 Å². The number of aliphatic carboxylic acids is 1. The molecule has 1 unspecified atom stereocenters. The molecule has 104 valence electrons. The molecule has 1 aliphatic carbocycles. The molecular formula is C13H24N2O3. The molecule has 1 saturated carbocycles. The predicted molar refractivity (Wildman–Crippen MR) is 69.4 cm³/mol. The van der Waals surface area contributed by atoms with Crippen molar-refractivity contribution < 1.29 is 14.7 Å². The summed E-state index contributed by atoms with van der Waals surface area (Å²) in [6.45, 7) is 3.40. The molecule has 1 atom stereocenters. The highest BCUT2D eigenvalue weighted by Gasteiger charge is 2.17. The van der Waals surface area contributed by atoms with E-state index in [4.69, 9.17) is 5.11 Å². The molecule has 18 heavy (non-hydrogen) atoms. The van der Waals surface area contributed by atoms with Gasteiger partial charge >= 0.3 is 12.0 Å². The van der Waals surface area contributed by atoms with Crippen LogP contribution in [-0.2, 0) is 4.79 Å². The van der Waals surface area contributed by atoms with Gasteiger partial charge in [-0.15, -0.1) is 0 Å². The fourth-order valence-electron chi connectivity index (χ4n) is 1.94. The average Bonchev–Trinajstić information content (AvgIpc) is 2.24. The highest BCUT2D eigenvalue weighted by atomic mass is 16.4. The maximum Gasteiger partial charge on any atom is 0.314 e. The Balaban J connectivity index is 1.95. The Morgan fingerprint density at radius 3 is 2.56 bits per heavy atom. The van der Waals surface area contributed by atoms with Crippen LogP contribution in [0.15, 0.2) is 0 Å². The predicted octanol–water partition coefficient (Wildman–Crippen LogP) is 1.98. The molecule has 3 N–H and O–H groups in total. The molecule has 0 aromatic carbocycles. The summed E-state index contributed by atoms with van der Waals surface area (Å²) < 4.78 is 0. The summed E-state index contributed by atoms with van der Waals surface area (Å²) in [6.07, 6.45) is 5.44. The van der Waals surface area contributed by atoms with Crippen molar-refractivity contribution in [1.82, 2.24) is 10.6 Å². The smallest absolute Gasteiger partial charge is 0.314 e. The van der Waals surface area contributed by atoms with Gasteiger partial charge in [0.15, 0.2) is 0 Å². The average molecular weight is 256 g/mol. The summed E-state index contributed by atoms with van der Waals surface area (Å²) in [7, 11) is 0. The fourth-order valence-corrected chi connectivity index (χ4v) is 1.94. The van der Waals surface area contributed by atoms with Gasteiger partial charge in [0.2, 0.25) is 0 Å². The second-order valence-electron chi connectivity index (χ2n) is 5.26. The monoisotopic (exact) mass is 256 g/mol. The number of carboxylic acids is 1. The van der Waals surface area contributed by atoms with Crippen molar-refractivity contribution in [2.24, 2.45) is 11.8 Å². The van der Waals surface area contributed by atoms with Gasteiger partial charge in [-0.3, -0.25) is 4.79 Å². The number of hydrogen-bond acceptors (Lipinski definition) is 2. The van der Waals surface area contributed by atoms with Gasteiger partial charge in [-0.2, -0.15) is 0 Å². The van der Waals surface area contributed by atoms with Crippen molar-refractivity contribution in [2.45, 2.75) is 45.4 Å². The van der Waals surface area contributed by atoms with E-state index in [-0.39, 0.29) is 12.5 Å². The molecule has 0 spiro atoms. The van der Waals surface area contributed by atoms with Crippen molar-refractivity contribution in [2.75, 3.05) is 13.1 Å². The van der Waals surface area contributed by atoms with Gasteiger partial charge in [-0.05, 0) is 37.5 Å². The molecular weight excluding hydrogens is 232 g/mol. The number of carbonyl (C=O) groups excluding carboxylic acids is 1. The van der Waals surface area contributed by atoms with Crippen LogP contribution < -0.4 is 10.6 Å². The van der Waals surface area contributed by atoms with Crippen molar-refractivity contribution >= 4 is 12.0 Å². The summed E-state index contributed by atoms with van der Waals surface area (Å²) in [4.78, 5) is 21.8. The van der Waals surface area contributed by atoms with Gasteiger partial charge in [-0.1, -0.05) is 13.3 Å². The van der Waals surface area contributed by atoms with Crippen molar-refractivity contribution in [1.29, 1.82) is 0 Å². The molecule has 5 nitrogen and oxygen atoms in total. The van der Waals surface area contributed by atoms with Gasteiger partial charge in [0.25, 0.3) is 0 Å². The maximum atomic E-state index is 11.4. The zero-order chi connectivity index (χ0) is 13.4. The van der Waals surface area contributed by atoms with E-state index in [1.54, 1.807) is 0 Å². The lowest BCUT2D eigenvalue weighted by atomic mass is 9.85. The number of rotatable bonds is 8. The SMILES string of the molecule is CC(CCNC(=O)NCC1CCC1)CCC(=O)O. The molecule has 0 radical (unpaired) electrons. The largest absolute Gasteiger partial charge is 0.481 e. The molecule has 1 rings (SSSR count). The second-order valence-corrected chi connectivity index (χ2v) is 5.26. The molecule has 5 heteroatoms. The first-order valence-corrected chi connectivity index (χ1v) is 6.81. The third-order valence-corrected chi connectivity index (χ3v) is 3.55. The van der Waals surface area contributed by atoms with Gasteiger partial charge < -0.3 is 15.7 Å². The molecule has 2 amide bonds. The topological polar surface area (TPSA) is 78.4 Å². The van der Waals surface area contributed by atoms with Crippen LogP contribution in [0.25, 0.3) is 0 Å². The van der Waals surface area contributed by atoms with Gasteiger partial charge in [0, 0.05) is 19.5 Å². The number of amides is 2. The Morgan fingerprint density at radius 2 is 2.00 bits per heavy atom. The zero-order valence-electron chi connectivity index (χ0n) is 11.1. The Bertz CT molecular complexity index is 277. The normalized spacial score (nSPS) is 16.7. The van der Waals surface area contributed by atoms with Crippen LogP contribution in [0.2, 0.25) is 0 Å². The third-order valence-electron chi connectivity index (χ3n) is 3.55. The second kappa shape index (κ2) is 7.95. The number of nitrogens with one attached hydrogen (secondary N) is 2. The van der Waals surface area contributed by atoms with Crippen LogP contribution in [0.5, 0.6) is 0 Å². The Kier molecular flexibility index (Phi) is 6.54. The van der Waals surface area contributed by atoms with Gasteiger partial charge in [-0.25, -0.2) is 4.79 Å². The summed E-state index contributed by atoms with van der Waals surface area (Å²) in [6, 6.07) is -0.104. The number of carboxylic acid groups (broad SMARTS) is 1. The van der Waals surface area contributed by atoms with E-state index < -0.39 is 5.97 Å². The minimum atomic E-state index is -0.756. The zero-order valence-corrected chi connectivity index (χ0v) is 11.1. The van der Waals surface area contributed by atoms with E-state index in [2.05, 4.69) is 10.6 Å². The van der Waals surface area contributed by atoms with Crippen LogP contribution in [0, 0.1) is 11.8 Å². The van der Waals surface area contributed by atoms with Crippen molar-refractivity contribution in [3.05, 3.63) is 0 Å². The molecule has 0 aliphatic heterocycles. The first-order chi connectivity index (χ1) is 8.58. The fraction of sp³-hybridized carbons (Fsp3) is 0.846. The molecule has 0 bridgehead atoms. The number of hydrogen-bond donors (Lipinski definition) is 3. The van der Waals surface area contributed by atoms with Gasteiger partial charge in [0.05, 0.1) is 0 Å². The number of carbonyl (C=O) groups is 2. The van der Waals surface area contributed by atoms with Crippen LogP contribution in [-0.4, -0.2) is 30.2 Å². The highest BCUT2D eigenvalue weighted by molar-refractivity contribution is 5.73. The lowest BCUT2D eigenvalue weighted by Gasteiger charge is -2.25. The van der Waals surface area contributed by atoms with E-state index in [1.807, 2.05) is 6.92 Å².